The number of rotatable bonds is 3. The van der Waals surface area contributed by atoms with Crippen molar-refractivity contribution in [3.63, 3.8) is 0 Å². The molecule has 4 rings (SSSR count). The topological polar surface area (TPSA) is 19.4 Å². The number of hydrogen-bond donors (Lipinski definition) is 0. The lowest BCUT2D eigenvalue weighted by atomic mass is 9.97. The predicted octanol–water partition coefficient (Wildman–Crippen LogP) is 3.16. The van der Waals surface area contributed by atoms with E-state index in [2.05, 4.69) is 59.1 Å². The Bertz CT molecular complexity index is 707. The van der Waals surface area contributed by atoms with Crippen LogP contribution >= 0.6 is 0 Å². The van der Waals surface area contributed by atoms with E-state index in [1.54, 1.807) is 5.56 Å². The van der Waals surface area contributed by atoms with Crippen LogP contribution in [0, 0.1) is 13.8 Å². The lowest BCUT2D eigenvalue weighted by molar-refractivity contribution is 0.403. The number of benzene rings is 1. The van der Waals surface area contributed by atoms with E-state index in [1.165, 1.54) is 29.9 Å². The Labute approximate surface area is 139 Å². The highest BCUT2D eigenvalue weighted by atomic mass is 15.3. The highest BCUT2D eigenvalue weighted by Gasteiger charge is 2.43. The van der Waals surface area contributed by atoms with Gasteiger partial charge < -0.3 is 9.80 Å². The van der Waals surface area contributed by atoms with Crippen LogP contribution in [0.2, 0.25) is 0 Å². The first-order valence-corrected chi connectivity index (χ1v) is 8.59. The molecule has 23 heavy (non-hydrogen) atoms. The summed E-state index contributed by atoms with van der Waals surface area (Å²) in [6, 6.07) is 11.9. The molecule has 120 valence electrons. The highest BCUT2D eigenvalue weighted by molar-refractivity contribution is 5.64. The Kier molecular flexibility index (Phi) is 3.61. The number of fused-ring (bicyclic) bond motifs is 3. The molecule has 0 aliphatic carbocycles. The third kappa shape index (κ3) is 2.63. The number of aromatic nitrogens is 1. The van der Waals surface area contributed by atoms with Crippen molar-refractivity contribution in [1.82, 2.24) is 9.88 Å². The monoisotopic (exact) mass is 307 g/mol. The standard InChI is InChI=1S/C20H25N3/c1-14-4-7-19-17(10-14)18-12-22(3)13-20(18)23(19)9-8-16-6-5-15(2)21-11-16/h4-7,10-11,18,20H,8-9,12-13H2,1-3H3/t18-,20-/m0/s1. The molecule has 2 aliphatic heterocycles. The number of pyridine rings is 1. The molecule has 0 spiro atoms. The second-order valence-electron chi connectivity index (χ2n) is 7.21. The van der Waals surface area contributed by atoms with Crippen molar-refractivity contribution in [1.29, 1.82) is 0 Å². The molecule has 0 saturated carbocycles. The van der Waals surface area contributed by atoms with E-state index in [1.807, 2.05) is 13.1 Å². The molecule has 0 amide bonds. The summed E-state index contributed by atoms with van der Waals surface area (Å²) >= 11 is 0. The summed E-state index contributed by atoms with van der Waals surface area (Å²) < 4.78 is 0. The Hall–Kier alpha value is -1.87. The molecule has 0 bridgehead atoms. The fourth-order valence-electron chi connectivity index (χ4n) is 4.19. The maximum Gasteiger partial charge on any atom is 0.0498 e. The molecular formula is C20H25N3. The summed E-state index contributed by atoms with van der Waals surface area (Å²) in [5.41, 5.74) is 6.81. The molecule has 2 aromatic rings. The molecule has 2 atom stereocenters. The molecule has 0 unspecified atom stereocenters. The summed E-state index contributed by atoms with van der Waals surface area (Å²) in [6.07, 6.45) is 3.09. The molecule has 3 nitrogen and oxygen atoms in total. The van der Waals surface area contributed by atoms with Gasteiger partial charge in [0.05, 0.1) is 0 Å². The molecule has 0 N–H and O–H groups in total. The van der Waals surface area contributed by atoms with Gasteiger partial charge in [-0.15, -0.1) is 0 Å². The van der Waals surface area contributed by atoms with E-state index in [4.69, 9.17) is 0 Å². The maximum absolute atomic E-state index is 4.43. The fourth-order valence-corrected chi connectivity index (χ4v) is 4.19. The van der Waals surface area contributed by atoms with Gasteiger partial charge in [-0.25, -0.2) is 0 Å². The zero-order chi connectivity index (χ0) is 16.0. The first-order valence-electron chi connectivity index (χ1n) is 8.59. The van der Waals surface area contributed by atoms with Gasteiger partial charge in [0.25, 0.3) is 0 Å². The van der Waals surface area contributed by atoms with Crippen molar-refractivity contribution < 1.29 is 0 Å². The SMILES string of the molecule is Cc1ccc2c(c1)[C@@H]1CN(C)C[C@@H]1N2CCc1ccc(C)nc1. The van der Waals surface area contributed by atoms with Gasteiger partial charge in [-0.3, -0.25) is 4.98 Å². The third-order valence-corrected chi connectivity index (χ3v) is 5.38. The minimum Gasteiger partial charge on any atom is -0.366 e. The summed E-state index contributed by atoms with van der Waals surface area (Å²) in [4.78, 5) is 9.55. The molecule has 0 radical (unpaired) electrons. The zero-order valence-electron chi connectivity index (χ0n) is 14.3. The van der Waals surface area contributed by atoms with E-state index in [0.29, 0.717) is 12.0 Å². The average Bonchev–Trinajstić information content (AvgIpc) is 3.03. The minimum absolute atomic E-state index is 0.634. The quantitative estimate of drug-likeness (QED) is 0.868. The van der Waals surface area contributed by atoms with Crippen molar-refractivity contribution in [3.05, 3.63) is 58.9 Å². The summed E-state index contributed by atoms with van der Waals surface area (Å²) in [5, 5.41) is 0. The van der Waals surface area contributed by atoms with E-state index in [0.717, 1.165) is 18.7 Å². The van der Waals surface area contributed by atoms with Gasteiger partial charge >= 0.3 is 0 Å². The van der Waals surface area contributed by atoms with Gasteiger partial charge in [0, 0.05) is 49.2 Å². The van der Waals surface area contributed by atoms with Gasteiger partial charge in [0.2, 0.25) is 0 Å². The van der Waals surface area contributed by atoms with Crippen LogP contribution in [0.5, 0.6) is 0 Å². The van der Waals surface area contributed by atoms with Crippen molar-refractivity contribution in [2.24, 2.45) is 0 Å². The van der Waals surface area contributed by atoms with Gasteiger partial charge in [0.15, 0.2) is 0 Å². The molecule has 1 saturated heterocycles. The molecule has 1 aromatic carbocycles. The second kappa shape index (κ2) is 5.64. The zero-order valence-corrected chi connectivity index (χ0v) is 14.3. The summed E-state index contributed by atoms with van der Waals surface area (Å²) in [5.74, 6) is 0.672. The molecule has 1 fully saturated rings. The molecule has 3 heterocycles. The Morgan fingerprint density at radius 1 is 1.13 bits per heavy atom. The number of nitrogens with zero attached hydrogens (tertiary/aromatic N) is 3. The number of anilines is 1. The van der Waals surface area contributed by atoms with Crippen LogP contribution in [0.1, 0.15) is 28.3 Å². The fraction of sp³-hybridized carbons (Fsp3) is 0.450. The van der Waals surface area contributed by atoms with Gasteiger partial charge in [0.1, 0.15) is 0 Å². The average molecular weight is 307 g/mol. The van der Waals surface area contributed by atoms with E-state index in [-0.39, 0.29) is 0 Å². The van der Waals surface area contributed by atoms with Gasteiger partial charge in [-0.05, 0) is 50.6 Å². The summed E-state index contributed by atoms with van der Waals surface area (Å²) in [7, 11) is 2.25. The Balaban J connectivity index is 1.58. The molecular weight excluding hydrogens is 282 g/mol. The van der Waals surface area contributed by atoms with Crippen LogP contribution in [-0.4, -0.2) is 42.6 Å². The van der Waals surface area contributed by atoms with Gasteiger partial charge in [-0.1, -0.05) is 23.8 Å². The summed E-state index contributed by atoms with van der Waals surface area (Å²) in [6.45, 7) is 7.68. The van der Waals surface area contributed by atoms with Crippen molar-refractivity contribution in [2.75, 3.05) is 31.6 Å². The van der Waals surface area contributed by atoms with Gasteiger partial charge in [-0.2, -0.15) is 0 Å². The number of likely N-dealkylation sites (N-methyl/N-ethyl adjacent to an activating group) is 1. The lowest BCUT2D eigenvalue weighted by Gasteiger charge is -2.27. The third-order valence-electron chi connectivity index (χ3n) is 5.38. The van der Waals surface area contributed by atoms with Crippen LogP contribution in [0.4, 0.5) is 5.69 Å². The van der Waals surface area contributed by atoms with Crippen LogP contribution in [-0.2, 0) is 6.42 Å². The Morgan fingerprint density at radius 3 is 2.78 bits per heavy atom. The van der Waals surface area contributed by atoms with Crippen LogP contribution < -0.4 is 4.90 Å². The molecule has 2 aliphatic rings. The molecule has 3 heteroatoms. The van der Waals surface area contributed by atoms with Crippen LogP contribution in [0.3, 0.4) is 0 Å². The predicted molar refractivity (Wildman–Crippen MR) is 95.2 cm³/mol. The first kappa shape index (κ1) is 14.7. The number of hydrogen-bond acceptors (Lipinski definition) is 3. The number of aryl methyl sites for hydroxylation is 2. The van der Waals surface area contributed by atoms with E-state index >= 15 is 0 Å². The second-order valence-corrected chi connectivity index (χ2v) is 7.21. The van der Waals surface area contributed by atoms with Crippen LogP contribution in [0.15, 0.2) is 36.5 Å². The largest absolute Gasteiger partial charge is 0.366 e. The highest BCUT2D eigenvalue weighted by Crippen LogP contribution is 2.44. The van der Waals surface area contributed by atoms with E-state index in [9.17, 15) is 0 Å². The number of likely N-dealkylation sites (tertiary alicyclic amines) is 1. The van der Waals surface area contributed by atoms with Crippen molar-refractivity contribution in [2.45, 2.75) is 32.2 Å². The minimum atomic E-state index is 0.634. The first-order chi connectivity index (χ1) is 11.1. The van der Waals surface area contributed by atoms with E-state index < -0.39 is 0 Å². The smallest absolute Gasteiger partial charge is 0.0498 e. The van der Waals surface area contributed by atoms with Crippen molar-refractivity contribution in [3.8, 4) is 0 Å². The lowest BCUT2D eigenvalue weighted by Crippen LogP contribution is -2.37. The normalized spacial score (nSPS) is 23.2. The van der Waals surface area contributed by atoms with Crippen molar-refractivity contribution >= 4 is 5.69 Å². The molecule has 1 aromatic heterocycles. The van der Waals surface area contributed by atoms with Crippen LogP contribution in [0.25, 0.3) is 0 Å². The Morgan fingerprint density at radius 2 is 2.00 bits per heavy atom. The maximum atomic E-state index is 4.43.